The molecule has 0 atom stereocenters. The third kappa shape index (κ3) is 4.51. The summed E-state index contributed by atoms with van der Waals surface area (Å²) < 4.78 is 8.40. The van der Waals surface area contributed by atoms with E-state index in [0.717, 1.165) is 29.7 Å². The number of ether oxygens (including phenoxy) is 1. The van der Waals surface area contributed by atoms with Crippen molar-refractivity contribution in [2.24, 2.45) is 0 Å². The first kappa shape index (κ1) is 19.7. The van der Waals surface area contributed by atoms with Gasteiger partial charge in [0, 0.05) is 24.2 Å². The van der Waals surface area contributed by atoms with Gasteiger partial charge in [-0.1, -0.05) is 30.3 Å². The van der Waals surface area contributed by atoms with E-state index < -0.39 is 0 Å². The van der Waals surface area contributed by atoms with Gasteiger partial charge in [-0.05, 0) is 48.7 Å². The predicted molar refractivity (Wildman–Crippen MR) is 115 cm³/mol. The Morgan fingerprint density at radius 2 is 1.90 bits per heavy atom. The molecule has 1 aliphatic rings. The van der Waals surface area contributed by atoms with Crippen LogP contribution in [-0.2, 0) is 11.3 Å². The van der Waals surface area contributed by atoms with Gasteiger partial charge in [0.2, 0.25) is 5.91 Å². The van der Waals surface area contributed by atoms with Crippen LogP contribution in [0, 0.1) is 0 Å². The number of benzene rings is 2. The Balaban J connectivity index is 1.43. The van der Waals surface area contributed by atoms with E-state index in [9.17, 15) is 9.59 Å². The van der Waals surface area contributed by atoms with Gasteiger partial charge in [0.05, 0.1) is 13.7 Å². The van der Waals surface area contributed by atoms with Gasteiger partial charge in [0.1, 0.15) is 5.75 Å². The Kier molecular flexibility index (Phi) is 5.79. The largest absolute Gasteiger partial charge is 0.497 e. The van der Waals surface area contributed by atoms with Gasteiger partial charge in [-0.15, -0.1) is 5.10 Å². The highest BCUT2D eigenvalue weighted by Crippen LogP contribution is 2.36. The summed E-state index contributed by atoms with van der Waals surface area (Å²) in [6, 6.07) is 17.3. The number of nitrogens with zero attached hydrogens (tertiary/aromatic N) is 3. The molecule has 1 N–H and O–H groups in total. The minimum Gasteiger partial charge on any atom is -0.497 e. The van der Waals surface area contributed by atoms with Gasteiger partial charge in [0.25, 0.3) is 0 Å². The van der Waals surface area contributed by atoms with Crippen molar-refractivity contribution in [1.29, 1.82) is 0 Å². The van der Waals surface area contributed by atoms with Crippen LogP contribution in [0.25, 0.3) is 17.5 Å². The normalized spacial score (nSPS) is 13.5. The fourth-order valence-electron chi connectivity index (χ4n) is 3.24. The van der Waals surface area contributed by atoms with Gasteiger partial charge >= 0.3 is 5.69 Å². The van der Waals surface area contributed by atoms with Gasteiger partial charge in [0.15, 0.2) is 5.82 Å². The molecule has 1 aromatic heterocycles. The monoisotopic (exact) mass is 404 g/mol. The van der Waals surface area contributed by atoms with Gasteiger partial charge < -0.3 is 10.1 Å². The lowest BCUT2D eigenvalue weighted by Crippen LogP contribution is -2.31. The molecule has 154 valence electrons. The number of hydrogen-bond acceptors (Lipinski definition) is 4. The van der Waals surface area contributed by atoms with Crippen molar-refractivity contribution in [2.75, 3.05) is 13.7 Å². The van der Waals surface area contributed by atoms with E-state index >= 15 is 0 Å². The summed E-state index contributed by atoms with van der Waals surface area (Å²) in [5.74, 6) is 1.20. The van der Waals surface area contributed by atoms with Crippen LogP contribution in [0.15, 0.2) is 65.5 Å². The molecule has 2 aromatic carbocycles. The van der Waals surface area contributed by atoms with Gasteiger partial charge in [-0.2, -0.15) is 0 Å². The van der Waals surface area contributed by atoms with Crippen LogP contribution < -0.4 is 15.7 Å². The van der Waals surface area contributed by atoms with E-state index in [-0.39, 0.29) is 17.6 Å². The lowest BCUT2D eigenvalue weighted by Gasteiger charge is -2.04. The van der Waals surface area contributed by atoms with Crippen LogP contribution in [0.1, 0.15) is 24.4 Å². The van der Waals surface area contributed by atoms with E-state index in [1.54, 1.807) is 17.8 Å². The number of amides is 1. The molecule has 7 heteroatoms. The Morgan fingerprint density at radius 3 is 2.57 bits per heavy atom. The molecule has 4 rings (SSSR count). The first-order valence-electron chi connectivity index (χ1n) is 10.0. The summed E-state index contributed by atoms with van der Waals surface area (Å²) in [6.45, 7) is 0.633. The molecule has 1 heterocycles. The highest BCUT2D eigenvalue weighted by Gasteiger charge is 2.30. The van der Waals surface area contributed by atoms with Gasteiger partial charge in [-0.25, -0.2) is 9.48 Å². The SMILES string of the molecule is COc1ccc(-c2nn(CCNC(=O)/C=C/c3ccccc3)c(=O)n2C2CC2)cc1. The van der Waals surface area contributed by atoms with Crippen molar-refractivity contribution in [3.05, 3.63) is 76.7 Å². The first-order chi connectivity index (χ1) is 14.7. The summed E-state index contributed by atoms with van der Waals surface area (Å²) in [6.07, 6.45) is 5.21. The van der Waals surface area contributed by atoms with Crippen LogP contribution in [0.5, 0.6) is 5.75 Å². The average Bonchev–Trinajstić information content (AvgIpc) is 3.57. The van der Waals surface area contributed by atoms with Crippen molar-refractivity contribution in [3.63, 3.8) is 0 Å². The van der Waals surface area contributed by atoms with Crippen molar-refractivity contribution in [1.82, 2.24) is 19.7 Å². The van der Waals surface area contributed by atoms with Crippen molar-refractivity contribution >= 4 is 12.0 Å². The van der Waals surface area contributed by atoms with Crippen molar-refractivity contribution < 1.29 is 9.53 Å². The number of carbonyl (C=O) groups is 1. The molecule has 0 saturated heterocycles. The van der Waals surface area contributed by atoms with Crippen molar-refractivity contribution in [2.45, 2.75) is 25.4 Å². The number of hydrogen-bond donors (Lipinski definition) is 1. The number of nitrogens with one attached hydrogen (secondary N) is 1. The maximum Gasteiger partial charge on any atom is 0.346 e. The van der Waals surface area contributed by atoms with E-state index in [4.69, 9.17) is 4.74 Å². The van der Waals surface area contributed by atoms with Crippen LogP contribution in [0.3, 0.4) is 0 Å². The second-order valence-electron chi connectivity index (χ2n) is 7.19. The molecule has 0 unspecified atom stereocenters. The lowest BCUT2D eigenvalue weighted by atomic mass is 10.2. The summed E-state index contributed by atoms with van der Waals surface area (Å²) in [5.41, 5.74) is 1.68. The molecule has 1 fully saturated rings. The molecular formula is C23H24N4O3. The topological polar surface area (TPSA) is 78.2 Å². The summed E-state index contributed by atoms with van der Waals surface area (Å²) >= 11 is 0. The summed E-state index contributed by atoms with van der Waals surface area (Å²) in [7, 11) is 1.62. The zero-order valence-electron chi connectivity index (χ0n) is 16.8. The molecule has 3 aromatic rings. The number of methoxy groups -OCH3 is 1. The predicted octanol–water partition coefficient (Wildman–Crippen LogP) is 2.88. The molecule has 30 heavy (non-hydrogen) atoms. The van der Waals surface area contributed by atoms with E-state index in [1.807, 2.05) is 54.6 Å². The third-order valence-electron chi connectivity index (χ3n) is 4.98. The number of carbonyl (C=O) groups excluding carboxylic acids is 1. The first-order valence-corrected chi connectivity index (χ1v) is 10.0. The summed E-state index contributed by atoms with van der Waals surface area (Å²) in [5, 5.41) is 7.35. The average molecular weight is 404 g/mol. The fourth-order valence-corrected chi connectivity index (χ4v) is 3.24. The highest BCUT2D eigenvalue weighted by atomic mass is 16.5. The molecule has 1 amide bonds. The Morgan fingerprint density at radius 1 is 1.17 bits per heavy atom. The molecule has 0 spiro atoms. The zero-order chi connectivity index (χ0) is 20.9. The van der Waals surface area contributed by atoms with Crippen molar-refractivity contribution in [3.8, 4) is 17.1 Å². The fraction of sp³-hybridized carbons (Fsp3) is 0.261. The quantitative estimate of drug-likeness (QED) is 0.586. The minimum atomic E-state index is -0.205. The maximum atomic E-state index is 12.9. The number of rotatable bonds is 8. The standard InChI is InChI=1S/C23H24N4O3/c1-30-20-12-8-18(9-13-20)22-25-26(23(29)27(22)19-10-11-19)16-15-24-21(28)14-7-17-5-3-2-4-6-17/h2-9,12-14,19H,10-11,15-16H2,1H3,(H,24,28)/b14-7+. The van der Waals surface area contributed by atoms with Crippen LogP contribution in [0.4, 0.5) is 0 Å². The Bertz CT molecular complexity index is 1090. The zero-order valence-corrected chi connectivity index (χ0v) is 16.8. The van der Waals surface area contributed by atoms with Crippen LogP contribution in [-0.4, -0.2) is 33.9 Å². The highest BCUT2D eigenvalue weighted by molar-refractivity contribution is 5.91. The van der Waals surface area contributed by atoms with Gasteiger partial charge in [-0.3, -0.25) is 9.36 Å². The molecule has 7 nitrogen and oxygen atoms in total. The molecule has 0 radical (unpaired) electrons. The molecule has 0 bridgehead atoms. The number of aromatic nitrogens is 3. The van der Waals surface area contributed by atoms with Crippen LogP contribution >= 0.6 is 0 Å². The molecule has 0 aliphatic heterocycles. The molecule has 1 aliphatic carbocycles. The molecular weight excluding hydrogens is 380 g/mol. The Hall–Kier alpha value is -3.61. The second-order valence-corrected chi connectivity index (χ2v) is 7.19. The molecule has 1 saturated carbocycles. The Labute approximate surface area is 174 Å². The maximum absolute atomic E-state index is 12.9. The lowest BCUT2D eigenvalue weighted by molar-refractivity contribution is -0.116. The minimum absolute atomic E-state index is 0.141. The summed E-state index contributed by atoms with van der Waals surface area (Å²) in [4.78, 5) is 24.9. The smallest absolute Gasteiger partial charge is 0.346 e. The van der Waals surface area contributed by atoms with Crippen LogP contribution in [0.2, 0.25) is 0 Å². The van der Waals surface area contributed by atoms with E-state index in [2.05, 4.69) is 10.4 Å². The van der Waals surface area contributed by atoms with E-state index in [0.29, 0.717) is 18.9 Å². The third-order valence-corrected chi connectivity index (χ3v) is 4.98. The van der Waals surface area contributed by atoms with E-state index in [1.165, 1.54) is 10.8 Å². The second kappa shape index (κ2) is 8.82.